The minimum absolute atomic E-state index is 0.190. The van der Waals surface area contributed by atoms with Gasteiger partial charge in [0.2, 0.25) is 5.91 Å². The Morgan fingerprint density at radius 3 is 3.07 bits per heavy atom. The lowest BCUT2D eigenvalue weighted by Gasteiger charge is -2.29. The first-order valence-corrected chi connectivity index (χ1v) is 5.53. The van der Waals surface area contributed by atoms with Gasteiger partial charge in [-0.1, -0.05) is 6.42 Å². The summed E-state index contributed by atoms with van der Waals surface area (Å²) in [5.41, 5.74) is 0. The van der Waals surface area contributed by atoms with Gasteiger partial charge in [-0.2, -0.15) is 0 Å². The zero-order valence-electron chi connectivity index (χ0n) is 8.48. The SMILES string of the molecule is O=C1NCC2C1CCCC2c1ncco1. The van der Waals surface area contributed by atoms with Crippen LogP contribution < -0.4 is 5.32 Å². The van der Waals surface area contributed by atoms with Crippen molar-refractivity contribution >= 4 is 5.91 Å². The van der Waals surface area contributed by atoms with Gasteiger partial charge in [0, 0.05) is 18.4 Å². The molecule has 2 heterocycles. The van der Waals surface area contributed by atoms with Gasteiger partial charge in [-0.05, 0) is 18.8 Å². The van der Waals surface area contributed by atoms with E-state index in [1.165, 1.54) is 0 Å². The molecule has 80 valence electrons. The van der Waals surface area contributed by atoms with Crippen LogP contribution in [0.5, 0.6) is 0 Å². The van der Waals surface area contributed by atoms with Crippen LogP contribution >= 0.6 is 0 Å². The number of nitrogens with zero attached hydrogens (tertiary/aromatic N) is 1. The largest absolute Gasteiger partial charge is 0.449 e. The summed E-state index contributed by atoms with van der Waals surface area (Å²) in [5, 5.41) is 2.95. The number of aromatic nitrogens is 1. The topological polar surface area (TPSA) is 55.1 Å². The maximum atomic E-state index is 11.6. The van der Waals surface area contributed by atoms with E-state index in [1.54, 1.807) is 12.5 Å². The summed E-state index contributed by atoms with van der Waals surface area (Å²) in [7, 11) is 0. The van der Waals surface area contributed by atoms with E-state index < -0.39 is 0 Å². The molecule has 1 saturated heterocycles. The number of carbonyl (C=O) groups excluding carboxylic acids is 1. The quantitative estimate of drug-likeness (QED) is 0.753. The molecule has 15 heavy (non-hydrogen) atoms. The minimum atomic E-state index is 0.190. The van der Waals surface area contributed by atoms with Crippen molar-refractivity contribution in [2.75, 3.05) is 6.54 Å². The molecule has 3 rings (SSSR count). The number of nitrogens with one attached hydrogen (secondary N) is 1. The van der Waals surface area contributed by atoms with E-state index in [1.807, 2.05) is 0 Å². The molecule has 1 aliphatic heterocycles. The van der Waals surface area contributed by atoms with Gasteiger partial charge < -0.3 is 9.73 Å². The standard InChI is InChI=1S/C11H14N2O2/c14-10-7-2-1-3-8(9(7)6-13-10)11-12-4-5-15-11/h4-5,7-9H,1-3,6H2,(H,13,14). The molecular weight excluding hydrogens is 192 g/mol. The van der Waals surface area contributed by atoms with Crippen LogP contribution in [0, 0.1) is 11.8 Å². The van der Waals surface area contributed by atoms with Crippen molar-refractivity contribution in [3.63, 3.8) is 0 Å². The van der Waals surface area contributed by atoms with Crippen LogP contribution in [0.1, 0.15) is 31.1 Å². The second kappa shape index (κ2) is 3.36. The van der Waals surface area contributed by atoms with Crippen molar-refractivity contribution in [2.45, 2.75) is 25.2 Å². The highest BCUT2D eigenvalue weighted by molar-refractivity contribution is 5.81. The van der Waals surface area contributed by atoms with Crippen LogP contribution in [0.4, 0.5) is 0 Å². The third-order valence-electron chi connectivity index (χ3n) is 3.68. The molecular formula is C11H14N2O2. The number of hydrogen-bond acceptors (Lipinski definition) is 3. The molecule has 1 amide bonds. The van der Waals surface area contributed by atoms with Crippen LogP contribution in [-0.4, -0.2) is 17.4 Å². The van der Waals surface area contributed by atoms with Crippen molar-refractivity contribution in [3.05, 3.63) is 18.4 Å². The van der Waals surface area contributed by atoms with Gasteiger partial charge in [0.25, 0.3) is 0 Å². The van der Waals surface area contributed by atoms with Crippen molar-refractivity contribution in [2.24, 2.45) is 11.8 Å². The fraction of sp³-hybridized carbons (Fsp3) is 0.636. The average molecular weight is 206 g/mol. The second-order valence-electron chi connectivity index (χ2n) is 4.42. The number of oxazole rings is 1. The number of fused-ring (bicyclic) bond motifs is 1. The van der Waals surface area contributed by atoms with Crippen LogP contribution in [0.2, 0.25) is 0 Å². The number of hydrogen-bond donors (Lipinski definition) is 1. The summed E-state index contributed by atoms with van der Waals surface area (Å²) in [6, 6.07) is 0. The molecule has 0 radical (unpaired) electrons. The third-order valence-corrected chi connectivity index (χ3v) is 3.68. The Labute approximate surface area is 88.1 Å². The molecule has 4 nitrogen and oxygen atoms in total. The summed E-state index contributed by atoms with van der Waals surface area (Å²) in [4.78, 5) is 15.8. The Hall–Kier alpha value is -1.32. The van der Waals surface area contributed by atoms with Crippen LogP contribution in [0.15, 0.2) is 16.9 Å². The molecule has 4 heteroatoms. The minimum Gasteiger partial charge on any atom is -0.449 e. The van der Waals surface area contributed by atoms with Gasteiger partial charge in [0.15, 0.2) is 5.89 Å². The van der Waals surface area contributed by atoms with Gasteiger partial charge >= 0.3 is 0 Å². The van der Waals surface area contributed by atoms with Crippen molar-refractivity contribution in [1.29, 1.82) is 0 Å². The monoisotopic (exact) mass is 206 g/mol. The van der Waals surface area contributed by atoms with E-state index in [9.17, 15) is 4.79 Å². The van der Waals surface area contributed by atoms with Crippen LogP contribution in [0.3, 0.4) is 0 Å². The van der Waals surface area contributed by atoms with Crippen molar-refractivity contribution < 1.29 is 9.21 Å². The first-order valence-electron chi connectivity index (χ1n) is 5.53. The Kier molecular flexibility index (Phi) is 2.01. The van der Waals surface area contributed by atoms with E-state index in [0.29, 0.717) is 11.8 Å². The molecule has 0 aromatic carbocycles. The van der Waals surface area contributed by atoms with Gasteiger partial charge in [-0.3, -0.25) is 4.79 Å². The van der Waals surface area contributed by atoms with Gasteiger partial charge in [0.05, 0.1) is 6.20 Å². The lowest BCUT2D eigenvalue weighted by Crippen LogP contribution is -2.27. The molecule has 1 saturated carbocycles. The van der Waals surface area contributed by atoms with Crippen LogP contribution in [-0.2, 0) is 4.79 Å². The summed E-state index contributed by atoms with van der Waals surface area (Å²) >= 11 is 0. The van der Waals surface area contributed by atoms with E-state index in [2.05, 4.69) is 10.3 Å². The predicted molar refractivity (Wildman–Crippen MR) is 53.1 cm³/mol. The molecule has 0 spiro atoms. The predicted octanol–water partition coefficient (Wildman–Crippen LogP) is 1.30. The second-order valence-corrected chi connectivity index (χ2v) is 4.42. The summed E-state index contributed by atoms with van der Waals surface area (Å²) in [6.07, 6.45) is 6.51. The van der Waals surface area contributed by atoms with Gasteiger partial charge in [0.1, 0.15) is 6.26 Å². The molecule has 3 atom stereocenters. The molecule has 0 bridgehead atoms. The fourth-order valence-electron chi connectivity index (χ4n) is 2.95. The number of rotatable bonds is 1. The summed E-state index contributed by atoms with van der Waals surface area (Å²) in [5.74, 6) is 1.94. The molecule has 1 aliphatic carbocycles. The first kappa shape index (κ1) is 8.95. The summed E-state index contributed by atoms with van der Waals surface area (Å²) in [6.45, 7) is 0.788. The zero-order valence-corrected chi connectivity index (χ0v) is 8.48. The lowest BCUT2D eigenvalue weighted by molar-refractivity contribution is -0.123. The van der Waals surface area contributed by atoms with Gasteiger partial charge in [-0.15, -0.1) is 0 Å². The Balaban J connectivity index is 1.88. The smallest absolute Gasteiger partial charge is 0.223 e. The fourth-order valence-corrected chi connectivity index (χ4v) is 2.95. The molecule has 1 aromatic heterocycles. The Morgan fingerprint density at radius 2 is 2.27 bits per heavy atom. The molecule has 3 unspecified atom stereocenters. The normalized spacial score (nSPS) is 34.9. The Bertz CT molecular complexity index is 361. The highest BCUT2D eigenvalue weighted by atomic mass is 16.3. The average Bonchev–Trinajstić information content (AvgIpc) is 2.88. The van der Waals surface area contributed by atoms with E-state index >= 15 is 0 Å². The zero-order chi connectivity index (χ0) is 10.3. The van der Waals surface area contributed by atoms with Crippen molar-refractivity contribution in [3.8, 4) is 0 Å². The summed E-state index contributed by atoms with van der Waals surface area (Å²) < 4.78 is 5.37. The molecule has 1 N–H and O–H groups in total. The maximum Gasteiger partial charge on any atom is 0.223 e. The lowest BCUT2D eigenvalue weighted by atomic mass is 9.73. The number of carbonyl (C=O) groups is 1. The molecule has 1 aromatic rings. The third kappa shape index (κ3) is 1.35. The van der Waals surface area contributed by atoms with E-state index in [0.717, 1.165) is 31.7 Å². The molecule has 2 fully saturated rings. The van der Waals surface area contributed by atoms with Gasteiger partial charge in [-0.25, -0.2) is 4.98 Å². The van der Waals surface area contributed by atoms with Crippen LogP contribution in [0.25, 0.3) is 0 Å². The Morgan fingerprint density at radius 1 is 1.40 bits per heavy atom. The van der Waals surface area contributed by atoms with E-state index in [4.69, 9.17) is 4.42 Å². The van der Waals surface area contributed by atoms with E-state index in [-0.39, 0.29) is 11.8 Å². The first-order chi connectivity index (χ1) is 7.36. The highest BCUT2D eigenvalue weighted by Gasteiger charge is 2.43. The molecule has 2 aliphatic rings. The number of amides is 1. The van der Waals surface area contributed by atoms with Crippen molar-refractivity contribution in [1.82, 2.24) is 10.3 Å². The maximum absolute atomic E-state index is 11.6. The highest BCUT2D eigenvalue weighted by Crippen LogP contribution is 2.42.